The lowest BCUT2D eigenvalue weighted by molar-refractivity contribution is -0.120. The van der Waals surface area contributed by atoms with E-state index in [0.717, 1.165) is 16.9 Å². The summed E-state index contributed by atoms with van der Waals surface area (Å²) < 4.78 is 5.36. The molecule has 2 aromatic carbocycles. The first-order valence-electron chi connectivity index (χ1n) is 6.86. The van der Waals surface area contributed by atoms with E-state index in [1.807, 2.05) is 61.5 Å². The molecule has 0 aliphatic heterocycles. The molecule has 4 nitrogen and oxygen atoms in total. The first-order chi connectivity index (χ1) is 10.3. The number of rotatable bonds is 6. The number of nitrogens with one attached hydrogen (secondary N) is 1. The van der Waals surface area contributed by atoms with Crippen LogP contribution < -0.4 is 10.2 Å². The Hall–Kier alpha value is -2.62. The number of hydrogen-bond acceptors (Lipinski definition) is 3. The number of carbonyl (C=O) groups is 1. The van der Waals surface area contributed by atoms with E-state index in [1.54, 1.807) is 6.21 Å². The molecule has 0 aromatic heterocycles. The molecule has 21 heavy (non-hydrogen) atoms. The summed E-state index contributed by atoms with van der Waals surface area (Å²) in [5, 5.41) is 3.95. The van der Waals surface area contributed by atoms with Crippen LogP contribution in [0.3, 0.4) is 0 Å². The Bertz CT molecular complexity index is 592. The molecule has 0 saturated carbocycles. The minimum Gasteiger partial charge on any atom is -0.494 e. The molecule has 1 amide bonds. The third-order valence-corrected chi connectivity index (χ3v) is 2.80. The molecular weight excluding hydrogens is 264 g/mol. The number of amides is 1. The molecule has 4 heteroatoms. The fourth-order valence-electron chi connectivity index (χ4n) is 1.82. The van der Waals surface area contributed by atoms with Gasteiger partial charge in [-0.25, -0.2) is 5.43 Å². The van der Waals surface area contributed by atoms with Crippen molar-refractivity contribution in [3.05, 3.63) is 65.7 Å². The van der Waals surface area contributed by atoms with Crippen molar-refractivity contribution >= 4 is 12.1 Å². The molecule has 2 rings (SSSR count). The summed E-state index contributed by atoms with van der Waals surface area (Å²) in [6.07, 6.45) is 1.93. The fourth-order valence-corrected chi connectivity index (χ4v) is 1.82. The molecule has 0 radical (unpaired) electrons. The number of nitrogens with zero attached hydrogens (tertiary/aromatic N) is 1. The Morgan fingerprint density at radius 2 is 1.86 bits per heavy atom. The predicted molar refractivity (Wildman–Crippen MR) is 83.5 cm³/mol. The smallest absolute Gasteiger partial charge is 0.244 e. The van der Waals surface area contributed by atoms with Gasteiger partial charge >= 0.3 is 0 Å². The van der Waals surface area contributed by atoms with Gasteiger partial charge in [0.1, 0.15) is 5.75 Å². The molecular formula is C17H18N2O2. The summed E-state index contributed by atoms with van der Waals surface area (Å²) in [6, 6.07) is 17.1. The molecule has 0 aliphatic carbocycles. The van der Waals surface area contributed by atoms with Crippen molar-refractivity contribution < 1.29 is 9.53 Å². The van der Waals surface area contributed by atoms with Crippen molar-refractivity contribution in [2.75, 3.05) is 6.61 Å². The van der Waals surface area contributed by atoms with E-state index < -0.39 is 0 Å². The van der Waals surface area contributed by atoms with Crippen LogP contribution in [0.15, 0.2) is 59.7 Å². The van der Waals surface area contributed by atoms with Gasteiger partial charge in [0.15, 0.2) is 0 Å². The first kappa shape index (κ1) is 14.8. The summed E-state index contributed by atoms with van der Waals surface area (Å²) in [5.74, 6) is 0.686. The molecule has 108 valence electrons. The van der Waals surface area contributed by atoms with Gasteiger partial charge in [-0.15, -0.1) is 0 Å². The van der Waals surface area contributed by atoms with Crippen LogP contribution in [0.4, 0.5) is 0 Å². The highest BCUT2D eigenvalue weighted by molar-refractivity contribution is 5.83. The van der Waals surface area contributed by atoms with Crippen LogP contribution in [-0.4, -0.2) is 18.7 Å². The van der Waals surface area contributed by atoms with E-state index in [9.17, 15) is 4.79 Å². The topological polar surface area (TPSA) is 50.7 Å². The molecule has 0 spiro atoms. The zero-order valence-electron chi connectivity index (χ0n) is 12.0. The van der Waals surface area contributed by atoms with E-state index in [1.165, 1.54) is 0 Å². The summed E-state index contributed by atoms with van der Waals surface area (Å²) in [6.45, 7) is 2.58. The van der Waals surface area contributed by atoms with Crippen LogP contribution in [0, 0.1) is 0 Å². The quantitative estimate of drug-likeness (QED) is 0.654. The van der Waals surface area contributed by atoms with Gasteiger partial charge < -0.3 is 4.74 Å². The van der Waals surface area contributed by atoms with Gasteiger partial charge in [0, 0.05) is 0 Å². The molecule has 0 atom stereocenters. The van der Waals surface area contributed by atoms with E-state index >= 15 is 0 Å². The highest BCUT2D eigenvalue weighted by Gasteiger charge is 2.00. The van der Waals surface area contributed by atoms with Gasteiger partial charge in [-0.3, -0.25) is 4.79 Å². The molecule has 0 heterocycles. The Morgan fingerprint density at radius 1 is 1.14 bits per heavy atom. The number of benzene rings is 2. The monoisotopic (exact) mass is 282 g/mol. The average Bonchev–Trinajstić information content (AvgIpc) is 2.50. The highest BCUT2D eigenvalue weighted by atomic mass is 16.5. The van der Waals surface area contributed by atoms with Crippen molar-refractivity contribution in [3.8, 4) is 5.75 Å². The molecule has 0 aliphatic rings. The second kappa shape index (κ2) is 7.85. The molecule has 0 bridgehead atoms. The van der Waals surface area contributed by atoms with E-state index in [2.05, 4.69) is 10.5 Å². The van der Waals surface area contributed by atoms with Crippen LogP contribution in [0.5, 0.6) is 5.75 Å². The van der Waals surface area contributed by atoms with Crippen LogP contribution in [0.25, 0.3) is 0 Å². The number of ether oxygens (including phenoxy) is 1. The summed E-state index contributed by atoms with van der Waals surface area (Å²) in [5.41, 5.74) is 4.38. The van der Waals surface area contributed by atoms with Crippen molar-refractivity contribution in [1.29, 1.82) is 0 Å². The standard InChI is InChI=1S/C17H18N2O2/c1-2-21-16-10-8-15(9-11-16)13-18-19-17(20)12-14-6-4-3-5-7-14/h3-11,13H,2,12H2,1H3,(H,19,20)/b18-13+. The van der Waals surface area contributed by atoms with Gasteiger partial charge in [0.05, 0.1) is 19.2 Å². The van der Waals surface area contributed by atoms with Gasteiger partial charge in [-0.2, -0.15) is 5.10 Å². The van der Waals surface area contributed by atoms with Crippen LogP contribution in [0.1, 0.15) is 18.1 Å². The lowest BCUT2D eigenvalue weighted by Crippen LogP contribution is -2.19. The number of hydrogen-bond donors (Lipinski definition) is 1. The summed E-state index contributed by atoms with van der Waals surface area (Å²) in [4.78, 5) is 11.7. The van der Waals surface area contributed by atoms with Crippen LogP contribution >= 0.6 is 0 Å². The third-order valence-electron chi connectivity index (χ3n) is 2.80. The minimum atomic E-state index is -0.136. The molecule has 1 N–H and O–H groups in total. The number of hydrazone groups is 1. The van der Waals surface area contributed by atoms with Crippen molar-refractivity contribution in [2.24, 2.45) is 5.10 Å². The average molecular weight is 282 g/mol. The SMILES string of the molecule is CCOc1ccc(/C=N/NC(=O)Cc2ccccc2)cc1. The fraction of sp³-hybridized carbons (Fsp3) is 0.176. The maximum Gasteiger partial charge on any atom is 0.244 e. The Kier molecular flexibility index (Phi) is 5.52. The molecule has 2 aromatic rings. The summed E-state index contributed by atoms with van der Waals surface area (Å²) >= 11 is 0. The molecule has 0 saturated heterocycles. The first-order valence-corrected chi connectivity index (χ1v) is 6.86. The largest absolute Gasteiger partial charge is 0.494 e. The van der Waals surface area contributed by atoms with E-state index in [0.29, 0.717) is 13.0 Å². The third kappa shape index (κ3) is 5.10. The van der Waals surface area contributed by atoms with Crippen LogP contribution in [-0.2, 0) is 11.2 Å². The molecule has 0 fully saturated rings. The Morgan fingerprint density at radius 3 is 2.52 bits per heavy atom. The lowest BCUT2D eigenvalue weighted by Gasteiger charge is -2.02. The maximum atomic E-state index is 11.7. The van der Waals surface area contributed by atoms with E-state index in [-0.39, 0.29) is 5.91 Å². The highest BCUT2D eigenvalue weighted by Crippen LogP contribution is 2.10. The zero-order chi connectivity index (χ0) is 14.9. The normalized spacial score (nSPS) is 10.5. The maximum absolute atomic E-state index is 11.7. The second-order valence-corrected chi connectivity index (χ2v) is 4.46. The lowest BCUT2D eigenvalue weighted by atomic mass is 10.1. The van der Waals surface area contributed by atoms with Gasteiger partial charge in [-0.05, 0) is 42.3 Å². The Labute approximate surface area is 124 Å². The van der Waals surface area contributed by atoms with Crippen molar-refractivity contribution in [3.63, 3.8) is 0 Å². The van der Waals surface area contributed by atoms with Gasteiger partial charge in [0.25, 0.3) is 0 Å². The predicted octanol–water partition coefficient (Wildman–Crippen LogP) is 2.78. The van der Waals surface area contributed by atoms with Crippen molar-refractivity contribution in [2.45, 2.75) is 13.3 Å². The second-order valence-electron chi connectivity index (χ2n) is 4.46. The Balaban J connectivity index is 1.83. The number of carbonyl (C=O) groups excluding carboxylic acids is 1. The van der Waals surface area contributed by atoms with Crippen LogP contribution in [0.2, 0.25) is 0 Å². The van der Waals surface area contributed by atoms with E-state index in [4.69, 9.17) is 4.74 Å². The van der Waals surface area contributed by atoms with Gasteiger partial charge in [-0.1, -0.05) is 30.3 Å². The van der Waals surface area contributed by atoms with Gasteiger partial charge in [0.2, 0.25) is 5.91 Å². The summed E-state index contributed by atoms with van der Waals surface area (Å²) in [7, 11) is 0. The molecule has 0 unspecified atom stereocenters. The minimum absolute atomic E-state index is 0.136. The zero-order valence-corrected chi connectivity index (χ0v) is 12.0. The van der Waals surface area contributed by atoms with Crippen molar-refractivity contribution in [1.82, 2.24) is 5.43 Å².